The first-order chi connectivity index (χ1) is 8.19. The molecule has 0 aliphatic heterocycles. The molecule has 0 spiro atoms. The summed E-state index contributed by atoms with van der Waals surface area (Å²) in [5.41, 5.74) is 0.220. The Morgan fingerprint density at radius 1 is 1.29 bits per heavy atom. The Kier molecular flexibility index (Phi) is 3.35. The Labute approximate surface area is 106 Å². The number of nitrogens with zero attached hydrogens (tertiary/aromatic N) is 2. The monoisotopic (exact) mass is 292 g/mol. The lowest BCUT2D eigenvalue weighted by Crippen LogP contribution is -1.90. The van der Waals surface area contributed by atoms with Crippen LogP contribution in [0.15, 0.2) is 41.0 Å². The van der Waals surface area contributed by atoms with E-state index in [1.54, 1.807) is 12.1 Å². The quantitative estimate of drug-likeness (QED) is 0.849. The third-order valence-electron chi connectivity index (χ3n) is 1.97. The van der Waals surface area contributed by atoms with Gasteiger partial charge < -0.3 is 4.74 Å². The van der Waals surface area contributed by atoms with Crippen LogP contribution in [0.2, 0.25) is 0 Å². The fraction of sp³-hybridized carbons (Fsp3) is 0. The maximum Gasteiger partial charge on any atom is 0.165 e. The first-order valence-electron chi connectivity index (χ1n) is 4.68. The van der Waals surface area contributed by atoms with Crippen molar-refractivity contribution < 1.29 is 9.13 Å². The van der Waals surface area contributed by atoms with Crippen LogP contribution >= 0.6 is 15.9 Å². The molecule has 1 heterocycles. The molecule has 0 saturated carbocycles. The molecule has 3 nitrogen and oxygen atoms in total. The van der Waals surface area contributed by atoms with Crippen LogP contribution in [0.4, 0.5) is 4.39 Å². The number of hydrogen-bond acceptors (Lipinski definition) is 3. The van der Waals surface area contributed by atoms with Crippen molar-refractivity contribution in [2.24, 2.45) is 0 Å². The number of hydrogen-bond donors (Lipinski definition) is 0. The van der Waals surface area contributed by atoms with Gasteiger partial charge in [-0.25, -0.2) is 9.37 Å². The molecule has 0 radical (unpaired) electrons. The van der Waals surface area contributed by atoms with E-state index in [-0.39, 0.29) is 11.4 Å². The van der Waals surface area contributed by atoms with E-state index in [2.05, 4.69) is 20.9 Å². The van der Waals surface area contributed by atoms with Gasteiger partial charge in [-0.05, 0) is 24.3 Å². The number of aromatic nitrogens is 1. The van der Waals surface area contributed by atoms with Crippen LogP contribution in [0.25, 0.3) is 0 Å². The molecule has 0 aliphatic rings. The van der Waals surface area contributed by atoms with Crippen molar-refractivity contribution in [3.63, 3.8) is 0 Å². The minimum Gasteiger partial charge on any atom is -0.454 e. The summed E-state index contributed by atoms with van der Waals surface area (Å²) in [6, 6.07) is 9.28. The van der Waals surface area contributed by atoms with Crippen molar-refractivity contribution in [3.05, 3.63) is 52.5 Å². The van der Waals surface area contributed by atoms with Gasteiger partial charge in [-0.2, -0.15) is 5.26 Å². The van der Waals surface area contributed by atoms with Crippen molar-refractivity contribution >= 4 is 15.9 Å². The van der Waals surface area contributed by atoms with Crippen molar-refractivity contribution in [2.75, 3.05) is 0 Å². The molecule has 2 aromatic rings. The van der Waals surface area contributed by atoms with Crippen LogP contribution in [-0.4, -0.2) is 4.98 Å². The molecular formula is C12H6BrFN2O. The minimum atomic E-state index is -0.469. The van der Waals surface area contributed by atoms with Gasteiger partial charge in [0.25, 0.3) is 0 Å². The lowest BCUT2D eigenvalue weighted by Gasteiger charge is -2.06. The van der Waals surface area contributed by atoms with E-state index >= 15 is 0 Å². The standard InChI is InChI=1S/C12H6BrFN2O/c13-8-1-2-11(14)12(5-8)17-10-3-4-16-9(6-10)7-15/h1-6H. The van der Waals surface area contributed by atoms with Crippen molar-refractivity contribution in [1.29, 1.82) is 5.26 Å². The summed E-state index contributed by atoms with van der Waals surface area (Å²) in [5.74, 6) is -0.00784. The molecule has 0 saturated heterocycles. The van der Waals surface area contributed by atoms with Crippen LogP contribution in [0, 0.1) is 17.1 Å². The molecule has 0 aliphatic carbocycles. The summed E-state index contributed by atoms with van der Waals surface area (Å²) in [7, 11) is 0. The normalized spacial score (nSPS) is 9.71. The van der Waals surface area contributed by atoms with E-state index < -0.39 is 5.82 Å². The van der Waals surface area contributed by atoms with Gasteiger partial charge in [0.1, 0.15) is 17.5 Å². The second-order valence-electron chi connectivity index (χ2n) is 3.17. The van der Waals surface area contributed by atoms with Crippen LogP contribution < -0.4 is 4.74 Å². The molecule has 17 heavy (non-hydrogen) atoms. The highest BCUT2D eigenvalue weighted by Crippen LogP contribution is 2.27. The topological polar surface area (TPSA) is 45.9 Å². The van der Waals surface area contributed by atoms with E-state index in [1.165, 1.54) is 24.4 Å². The Balaban J connectivity index is 2.31. The average molecular weight is 293 g/mol. The zero-order valence-electron chi connectivity index (χ0n) is 8.52. The average Bonchev–Trinajstić information content (AvgIpc) is 2.34. The van der Waals surface area contributed by atoms with E-state index in [0.29, 0.717) is 10.2 Å². The van der Waals surface area contributed by atoms with Crippen LogP contribution in [0.3, 0.4) is 0 Å². The van der Waals surface area contributed by atoms with Crippen molar-refractivity contribution in [2.45, 2.75) is 0 Å². The van der Waals surface area contributed by atoms with Crippen LogP contribution in [-0.2, 0) is 0 Å². The molecule has 0 N–H and O–H groups in total. The molecular weight excluding hydrogens is 287 g/mol. The highest BCUT2D eigenvalue weighted by molar-refractivity contribution is 9.10. The highest BCUT2D eigenvalue weighted by Gasteiger charge is 2.06. The second kappa shape index (κ2) is 4.93. The fourth-order valence-corrected chi connectivity index (χ4v) is 1.56. The SMILES string of the molecule is N#Cc1cc(Oc2cc(Br)ccc2F)ccn1. The van der Waals surface area contributed by atoms with Crippen molar-refractivity contribution in [1.82, 2.24) is 4.98 Å². The Bertz CT molecular complexity index is 595. The highest BCUT2D eigenvalue weighted by atomic mass is 79.9. The maximum atomic E-state index is 13.4. The summed E-state index contributed by atoms with van der Waals surface area (Å²) in [6.45, 7) is 0. The molecule has 1 aromatic carbocycles. The zero-order chi connectivity index (χ0) is 12.3. The summed E-state index contributed by atoms with van der Waals surface area (Å²) in [4.78, 5) is 3.80. The largest absolute Gasteiger partial charge is 0.454 e. The number of rotatable bonds is 2. The zero-order valence-corrected chi connectivity index (χ0v) is 10.1. The second-order valence-corrected chi connectivity index (χ2v) is 4.08. The lowest BCUT2D eigenvalue weighted by molar-refractivity contribution is 0.441. The van der Waals surface area contributed by atoms with E-state index in [4.69, 9.17) is 10.00 Å². The van der Waals surface area contributed by atoms with Gasteiger partial charge in [-0.15, -0.1) is 0 Å². The third kappa shape index (κ3) is 2.80. The third-order valence-corrected chi connectivity index (χ3v) is 2.46. The first-order valence-corrected chi connectivity index (χ1v) is 5.47. The Morgan fingerprint density at radius 2 is 2.12 bits per heavy atom. The lowest BCUT2D eigenvalue weighted by atomic mass is 10.3. The van der Waals surface area contributed by atoms with Crippen LogP contribution in [0.1, 0.15) is 5.69 Å². The Hall–Kier alpha value is -1.93. The smallest absolute Gasteiger partial charge is 0.165 e. The van der Waals surface area contributed by atoms with Gasteiger partial charge in [-0.3, -0.25) is 0 Å². The van der Waals surface area contributed by atoms with Gasteiger partial charge in [0.15, 0.2) is 11.6 Å². The van der Waals surface area contributed by atoms with E-state index in [0.717, 1.165) is 0 Å². The molecule has 2 rings (SSSR count). The molecule has 1 aromatic heterocycles. The van der Waals surface area contributed by atoms with Gasteiger partial charge in [0.2, 0.25) is 0 Å². The number of halogens is 2. The number of pyridine rings is 1. The summed E-state index contributed by atoms with van der Waals surface area (Å²) >= 11 is 3.23. The number of nitriles is 1. The van der Waals surface area contributed by atoms with Gasteiger partial charge in [0.05, 0.1) is 0 Å². The number of benzene rings is 1. The van der Waals surface area contributed by atoms with Crippen molar-refractivity contribution in [3.8, 4) is 17.6 Å². The molecule has 5 heteroatoms. The predicted octanol–water partition coefficient (Wildman–Crippen LogP) is 3.65. The molecule has 0 unspecified atom stereocenters. The van der Waals surface area contributed by atoms with E-state index in [9.17, 15) is 4.39 Å². The van der Waals surface area contributed by atoms with Gasteiger partial charge >= 0.3 is 0 Å². The molecule has 0 atom stereocenters. The summed E-state index contributed by atoms with van der Waals surface area (Å²) in [6.07, 6.45) is 1.43. The first kappa shape index (κ1) is 11.6. The maximum absolute atomic E-state index is 13.4. The summed E-state index contributed by atoms with van der Waals surface area (Å²) < 4.78 is 19.5. The fourth-order valence-electron chi connectivity index (χ4n) is 1.22. The van der Waals surface area contributed by atoms with Gasteiger partial charge in [0, 0.05) is 16.7 Å². The molecule has 0 fully saturated rings. The minimum absolute atomic E-state index is 0.0921. The number of ether oxygens (including phenoxy) is 1. The van der Waals surface area contributed by atoms with Gasteiger partial charge in [-0.1, -0.05) is 15.9 Å². The molecule has 0 amide bonds. The van der Waals surface area contributed by atoms with Crippen LogP contribution in [0.5, 0.6) is 11.5 Å². The summed E-state index contributed by atoms with van der Waals surface area (Å²) in [5, 5.41) is 8.68. The molecule has 0 bridgehead atoms. The van der Waals surface area contributed by atoms with E-state index in [1.807, 2.05) is 6.07 Å². The predicted molar refractivity (Wildman–Crippen MR) is 63.1 cm³/mol. The Morgan fingerprint density at radius 3 is 2.88 bits per heavy atom. The molecule has 84 valence electrons.